The number of hydrogen-bond acceptors (Lipinski definition) is 8. The maximum absolute atomic E-state index is 10.0. The summed E-state index contributed by atoms with van der Waals surface area (Å²) in [6.45, 7) is 3.27. The predicted octanol–water partition coefficient (Wildman–Crippen LogP) is 1.38. The fourth-order valence-corrected chi connectivity index (χ4v) is 2.85. The van der Waals surface area contributed by atoms with E-state index < -0.39 is 6.10 Å². The van der Waals surface area contributed by atoms with Crippen LogP contribution < -0.4 is 9.47 Å². The van der Waals surface area contributed by atoms with E-state index in [1.807, 2.05) is 25.1 Å². The number of tetrazole rings is 1. The Kier molecular flexibility index (Phi) is 7.29. The van der Waals surface area contributed by atoms with Gasteiger partial charge in [-0.1, -0.05) is 17.8 Å². The zero-order chi connectivity index (χ0) is 17.4. The Morgan fingerprint density at radius 1 is 1.25 bits per heavy atom. The van der Waals surface area contributed by atoms with Gasteiger partial charge in [-0.15, -0.1) is 5.10 Å². The highest BCUT2D eigenvalue weighted by Crippen LogP contribution is 2.27. The smallest absolute Gasteiger partial charge is 0.209 e. The van der Waals surface area contributed by atoms with Gasteiger partial charge in [0.05, 0.1) is 33.5 Å². The van der Waals surface area contributed by atoms with Gasteiger partial charge in [0.15, 0.2) is 11.5 Å². The van der Waals surface area contributed by atoms with Gasteiger partial charge in [0.1, 0.15) is 0 Å². The Balaban J connectivity index is 1.75. The number of hydrogen-bond donors (Lipinski definition) is 1. The van der Waals surface area contributed by atoms with Crippen LogP contribution in [-0.4, -0.2) is 58.0 Å². The topological polar surface area (TPSA) is 91.5 Å². The maximum atomic E-state index is 10.0. The number of ether oxygens (including phenoxy) is 3. The molecular weight excluding hydrogens is 332 g/mol. The van der Waals surface area contributed by atoms with Crippen LogP contribution in [0.4, 0.5) is 0 Å². The quantitative estimate of drug-likeness (QED) is 0.640. The highest BCUT2D eigenvalue weighted by molar-refractivity contribution is 7.99. The van der Waals surface area contributed by atoms with Gasteiger partial charge in [0.25, 0.3) is 0 Å². The first-order valence-corrected chi connectivity index (χ1v) is 8.52. The van der Waals surface area contributed by atoms with E-state index in [1.54, 1.807) is 18.9 Å². The summed E-state index contributed by atoms with van der Waals surface area (Å²) >= 11 is 1.40. The van der Waals surface area contributed by atoms with Crippen LogP contribution in [0.1, 0.15) is 12.5 Å². The molecule has 1 unspecified atom stereocenters. The van der Waals surface area contributed by atoms with Crippen LogP contribution >= 0.6 is 11.8 Å². The van der Waals surface area contributed by atoms with Crippen LogP contribution in [0.15, 0.2) is 23.4 Å². The van der Waals surface area contributed by atoms with E-state index in [2.05, 4.69) is 15.5 Å². The summed E-state index contributed by atoms with van der Waals surface area (Å²) in [4.78, 5) is 0. The summed E-state index contributed by atoms with van der Waals surface area (Å²) < 4.78 is 17.7. The van der Waals surface area contributed by atoms with Gasteiger partial charge in [-0.2, -0.15) is 0 Å². The molecular formula is C15H22N4O4S. The molecule has 2 aromatic rings. The van der Waals surface area contributed by atoms with Crippen molar-refractivity contribution in [3.63, 3.8) is 0 Å². The Labute approximate surface area is 145 Å². The largest absolute Gasteiger partial charge is 0.493 e. The second-order valence-corrected chi connectivity index (χ2v) is 5.93. The minimum absolute atomic E-state index is 0.231. The average Bonchev–Trinajstić information content (AvgIpc) is 3.07. The normalized spacial score (nSPS) is 12.2. The third-order valence-corrected chi connectivity index (χ3v) is 4.33. The lowest BCUT2D eigenvalue weighted by molar-refractivity contribution is 0.0397. The molecule has 1 N–H and O–H groups in total. The van der Waals surface area contributed by atoms with Gasteiger partial charge in [0, 0.05) is 12.3 Å². The molecule has 132 valence electrons. The van der Waals surface area contributed by atoms with Gasteiger partial charge >= 0.3 is 0 Å². The van der Waals surface area contributed by atoms with Crippen LogP contribution in [0, 0.1) is 0 Å². The number of aryl methyl sites for hydroxylation is 1. The first-order chi connectivity index (χ1) is 11.7. The Bertz CT molecular complexity index is 638. The number of methoxy groups -OCH3 is 2. The van der Waals surface area contributed by atoms with Crippen LogP contribution in [0.25, 0.3) is 0 Å². The van der Waals surface area contributed by atoms with Crippen LogP contribution in [-0.2, 0) is 17.9 Å². The molecule has 24 heavy (non-hydrogen) atoms. The monoisotopic (exact) mass is 354 g/mol. The summed E-state index contributed by atoms with van der Waals surface area (Å²) in [5.41, 5.74) is 0.947. The second-order valence-electron chi connectivity index (χ2n) is 4.95. The lowest BCUT2D eigenvalue weighted by Gasteiger charge is -2.12. The number of nitrogens with zero attached hydrogens (tertiary/aromatic N) is 4. The van der Waals surface area contributed by atoms with E-state index in [0.717, 1.165) is 5.56 Å². The van der Waals surface area contributed by atoms with Crippen molar-refractivity contribution in [1.29, 1.82) is 0 Å². The third-order valence-electron chi connectivity index (χ3n) is 3.23. The van der Waals surface area contributed by atoms with Gasteiger partial charge in [-0.25, -0.2) is 4.68 Å². The van der Waals surface area contributed by atoms with E-state index >= 15 is 0 Å². The summed E-state index contributed by atoms with van der Waals surface area (Å²) in [6.07, 6.45) is -0.600. The standard InChI is InChI=1S/C15H22N4O4S/c1-4-19-15(16-17-18-19)24-10-12(20)9-23-8-11-5-6-13(21-2)14(7-11)22-3/h5-7,12,20H,4,8-10H2,1-3H3. The molecule has 1 aromatic carbocycles. The van der Waals surface area contributed by atoms with E-state index in [4.69, 9.17) is 14.2 Å². The van der Waals surface area contributed by atoms with Crippen molar-refractivity contribution in [2.45, 2.75) is 31.3 Å². The lowest BCUT2D eigenvalue weighted by Crippen LogP contribution is -2.18. The number of aromatic nitrogens is 4. The van der Waals surface area contributed by atoms with Crippen LogP contribution in [0.2, 0.25) is 0 Å². The Hall–Kier alpha value is -1.84. The van der Waals surface area contributed by atoms with Gasteiger partial charge in [-0.05, 0) is 35.0 Å². The molecule has 0 saturated carbocycles. The first kappa shape index (κ1) is 18.5. The number of aliphatic hydroxyl groups is 1. The van der Waals surface area contributed by atoms with Crippen molar-refractivity contribution in [3.05, 3.63) is 23.8 Å². The number of rotatable bonds is 10. The fraction of sp³-hybridized carbons (Fsp3) is 0.533. The number of thioether (sulfide) groups is 1. The molecule has 0 fully saturated rings. The van der Waals surface area contributed by atoms with Crippen molar-refractivity contribution in [1.82, 2.24) is 20.2 Å². The van der Waals surface area contributed by atoms with Gasteiger partial charge < -0.3 is 19.3 Å². The van der Waals surface area contributed by atoms with E-state index in [-0.39, 0.29) is 6.61 Å². The van der Waals surface area contributed by atoms with Crippen LogP contribution in [0.3, 0.4) is 0 Å². The predicted molar refractivity (Wildman–Crippen MR) is 89.4 cm³/mol. The molecule has 0 aliphatic carbocycles. The average molecular weight is 354 g/mol. The summed E-state index contributed by atoms with van der Waals surface area (Å²) in [6, 6.07) is 5.58. The zero-order valence-electron chi connectivity index (χ0n) is 14.0. The van der Waals surface area contributed by atoms with E-state index in [1.165, 1.54) is 11.8 Å². The molecule has 0 spiro atoms. The Morgan fingerprint density at radius 3 is 2.75 bits per heavy atom. The van der Waals surface area contributed by atoms with Crippen molar-refractivity contribution in [2.24, 2.45) is 0 Å². The molecule has 0 radical (unpaired) electrons. The molecule has 1 aromatic heterocycles. The maximum Gasteiger partial charge on any atom is 0.209 e. The Morgan fingerprint density at radius 2 is 2.04 bits per heavy atom. The summed E-state index contributed by atoms with van der Waals surface area (Å²) in [7, 11) is 3.18. The first-order valence-electron chi connectivity index (χ1n) is 7.53. The fourth-order valence-electron chi connectivity index (χ4n) is 2.00. The number of benzene rings is 1. The minimum Gasteiger partial charge on any atom is -0.493 e. The molecule has 0 aliphatic heterocycles. The molecule has 8 nitrogen and oxygen atoms in total. The lowest BCUT2D eigenvalue weighted by atomic mass is 10.2. The molecule has 0 bridgehead atoms. The SMILES string of the molecule is CCn1nnnc1SCC(O)COCc1ccc(OC)c(OC)c1. The summed E-state index contributed by atoms with van der Waals surface area (Å²) in [5, 5.41) is 22.1. The molecule has 2 rings (SSSR count). The van der Waals surface area contributed by atoms with Gasteiger partial charge in [0.2, 0.25) is 5.16 Å². The molecule has 0 aliphatic rings. The number of aliphatic hydroxyl groups excluding tert-OH is 1. The highest BCUT2D eigenvalue weighted by atomic mass is 32.2. The van der Waals surface area contributed by atoms with E-state index in [9.17, 15) is 5.11 Å². The minimum atomic E-state index is -0.600. The van der Waals surface area contributed by atoms with Crippen molar-refractivity contribution in [3.8, 4) is 11.5 Å². The van der Waals surface area contributed by atoms with Crippen molar-refractivity contribution in [2.75, 3.05) is 26.6 Å². The van der Waals surface area contributed by atoms with Crippen LogP contribution in [0.5, 0.6) is 11.5 Å². The molecule has 0 saturated heterocycles. The van der Waals surface area contributed by atoms with E-state index in [0.29, 0.717) is 35.6 Å². The van der Waals surface area contributed by atoms with Crippen molar-refractivity contribution >= 4 is 11.8 Å². The second kappa shape index (κ2) is 9.45. The highest BCUT2D eigenvalue weighted by Gasteiger charge is 2.11. The third kappa shape index (κ3) is 5.08. The zero-order valence-corrected chi connectivity index (χ0v) is 14.8. The summed E-state index contributed by atoms with van der Waals surface area (Å²) in [5.74, 6) is 1.79. The van der Waals surface area contributed by atoms with Crippen molar-refractivity contribution < 1.29 is 19.3 Å². The molecule has 9 heteroatoms. The molecule has 1 heterocycles. The molecule has 0 amide bonds. The van der Waals surface area contributed by atoms with Gasteiger partial charge in [-0.3, -0.25) is 0 Å². The molecule has 1 atom stereocenters.